The van der Waals surface area contributed by atoms with Gasteiger partial charge in [-0.2, -0.15) is 0 Å². The van der Waals surface area contributed by atoms with Crippen LogP contribution < -0.4 is 14.2 Å². The van der Waals surface area contributed by atoms with Crippen molar-refractivity contribution in [3.63, 3.8) is 0 Å². The predicted octanol–water partition coefficient (Wildman–Crippen LogP) is 1.37. The minimum Gasteiger partial charge on any atom is -0.487 e. The predicted molar refractivity (Wildman–Crippen MR) is 101 cm³/mol. The zero-order chi connectivity index (χ0) is 19.5. The molecule has 1 aromatic carbocycles. The molecule has 4 fully saturated rings. The maximum absolute atomic E-state index is 6.03. The first-order chi connectivity index (χ1) is 14.3. The standard InChI is InChI=1S/C21H28O8/c1(3-22-6-15-7-23-15)2-14-4-19(27-11-16-8-24-16)21(29-13-18-10-26-18)20(5-14)28-12-17-9-25-17/h4-5,15-18H,1-3,6-13H2. The van der Waals surface area contributed by atoms with Crippen LogP contribution in [-0.4, -0.2) is 83.9 Å². The van der Waals surface area contributed by atoms with Crippen molar-refractivity contribution in [1.29, 1.82) is 0 Å². The van der Waals surface area contributed by atoms with Crippen molar-refractivity contribution in [1.82, 2.24) is 0 Å². The highest BCUT2D eigenvalue weighted by Crippen LogP contribution is 2.40. The van der Waals surface area contributed by atoms with Gasteiger partial charge in [-0.05, 0) is 30.5 Å². The van der Waals surface area contributed by atoms with E-state index >= 15 is 0 Å². The van der Waals surface area contributed by atoms with Gasteiger partial charge in [0.1, 0.15) is 44.2 Å². The lowest BCUT2D eigenvalue weighted by Gasteiger charge is -2.18. The summed E-state index contributed by atoms with van der Waals surface area (Å²) in [4.78, 5) is 0. The Kier molecular flexibility index (Phi) is 6.05. The van der Waals surface area contributed by atoms with Gasteiger partial charge in [-0.25, -0.2) is 0 Å². The first-order valence-electron chi connectivity index (χ1n) is 10.4. The van der Waals surface area contributed by atoms with Gasteiger partial charge in [-0.15, -0.1) is 0 Å². The van der Waals surface area contributed by atoms with E-state index < -0.39 is 0 Å². The fourth-order valence-corrected chi connectivity index (χ4v) is 2.92. The zero-order valence-corrected chi connectivity index (χ0v) is 16.5. The molecule has 0 spiro atoms. The van der Waals surface area contributed by atoms with Crippen molar-refractivity contribution in [2.45, 2.75) is 37.3 Å². The monoisotopic (exact) mass is 408 g/mol. The summed E-state index contributed by atoms with van der Waals surface area (Å²) >= 11 is 0. The molecule has 8 nitrogen and oxygen atoms in total. The normalized spacial score (nSPS) is 28.7. The lowest BCUT2D eigenvalue weighted by Crippen LogP contribution is -2.12. The van der Waals surface area contributed by atoms with Crippen molar-refractivity contribution in [3.05, 3.63) is 17.7 Å². The molecule has 0 saturated carbocycles. The van der Waals surface area contributed by atoms with Crippen molar-refractivity contribution >= 4 is 0 Å². The van der Waals surface area contributed by atoms with E-state index in [1.54, 1.807) is 0 Å². The summed E-state index contributed by atoms with van der Waals surface area (Å²) in [6.45, 7) is 5.95. The molecule has 0 bridgehead atoms. The number of aryl methyl sites for hydroxylation is 1. The smallest absolute Gasteiger partial charge is 0.203 e. The average Bonchev–Trinajstić information content (AvgIpc) is 3.56. The number of ether oxygens (including phenoxy) is 8. The quantitative estimate of drug-likeness (QED) is 0.318. The first kappa shape index (κ1) is 19.4. The Balaban J connectivity index is 1.25. The van der Waals surface area contributed by atoms with Crippen molar-refractivity contribution < 1.29 is 37.9 Å². The molecular formula is C21H28O8. The summed E-state index contributed by atoms with van der Waals surface area (Å²) in [5.41, 5.74) is 1.13. The van der Waals surface area contributed by atoms with Gasteiger partial charge in [0, 0.05) is 6.61 Å². The summed E-state index contributed by atoms with van der Waals surface area (Å²) in [6.07, 6.45) is 2.57. The zero-order valence-electron chi connectivity index (χ0n) is 16.5. The highest BCUT2D eigenvalue weighted by molar-refractivity contribution is 5.54. The van der Waals surface area contributed by atoms with Gasteiger partial charge in [-0.3, -0.25) is 0 Å². The Morgan fingerprint density at radius 1 is 0.690 bits per heavy atom. The molecule has 4 saturated heterocycles. The number of rotatable bonds is 15. The third kappa shape index (κ3) is 6.45. The molecule has 0 radical (unpaired) electrons. The second-order valence-electron chi connectivity index (χ2n) is 7.85. The molecule has 5 rings (SSSR count). The molecule has 29 heavy (non-hydrogen) atoms. The average molecular weight is 408 g/mol. The molecule has 4 atom stereocenters. The lowest BCUT2D eigenvalue weighted by molar-refractivity contribution is 0.114. The van der Waals surface area contributed by atoms with Gasteiger partial charge in [0.05, 0.1) is 33.0 Å². The molecule has 4 aliphatic heterocycles. The number of epoxide rings is 4. The Bertz CT molecular complexity index is 642. The topological polar surface area (TPSA) is 87.0 Å². The number of hydrogen-bond acceptors (Lipinski definition) is 8. The summed E-state index contributed by atoms with van der Waals surface area (Å²) in [6, 6.07) is 4.08. The fourth-order valence-electron chi connectivity index (χ4n) is 2.92. The molecule has 4 heterocycles. The Hall–Kier alpha value is -1.58. The van der Waals surface area contributed by atoms with E-state index in [2.05, 4.69) is 0 Å². The van der Waals surface area contributed by atoms with Crippen LogP contribution in [0.15, 0.2) is 12.1 Å². The van der Waals surface area contributed by atoms with Crippen LogP contribution in [0, 0.1) is 0 Å². The van der Waals surface area contributed by atoms with Gasteiger partial charge >= 0.3 is 0 Å². The van der Waals surface area contributed by atoms with E-state index in [1.807, 2.05) is 12.1 Å². The maximum atomic E-state index is 6.03. The van der Waals surface area contributed by atoms with Gasteiger partial charge in [0.2, 0.25) is 5.75 Å². The lowest BCUT2D eigenvalue weighted by atomic mass is 10.1. The van der Waals surface area contributed by atoms with Crippen molar-refractivity contribution in [2.75, 3.05) is 59.5 Å². The molecule has 160 valence electrons. The summed E-state index contributed by atoms with van der Waals surface area (Å²) < 4.78 is 44.8. The van der Waals surface area contributed by atoms with Crippen LogP contribution in [0.4, 0.5) is 0 Å². The highest BCUT2D eigenvalue weighted by atomic mass is 16.6. The molecule has 1 aromatic rings. The number of benzene rings is 1. The minimum atomic E-state index is 0.154. The Morgan fingerprint density at radius 2 is 1.17 bits per heavy atom. The van der Waals surface area contributed by atoms with E-state index in [9.17, 15) is 0 Å². The van der Waals surface area contributed by atoms with Crippen LogP contribution in [-0.2, 0) is 30.1 Å². The van der Waals surface area contributed by atoms with Crippen molar-refractivity contribution in [2.24, 2.45) is 0 Å². The Labute approximate surface area is 170 Å². The Morgan fingerprint density at radius 3 is 1.69 bits per heavy atom. The van der Waals surface area contributed by atoms with Crippen molar-refractivity contribution in [3.8, 4) is 17.2 Å². The van der Waals surface area contributed by atoms with Crippen LogP contribution >= 0.6 is 0 Å². The molecule has 0 aromatic heterocycles. The number of hydrogen-bond donors (Lipinski definition) is 0. The third-order valence-corrected chi connectivity index (χ3v) is 5.01. The van der Waals surface area contributed by atoms with Crippen LogP contribution in [0.3, 0.4) is 0 Å². The molecular weight excluding hydrogens is 380 g/mol. The molecule has 0 amide bonds. The largest absolute Gasteiger partial charge is 0.487 e. The van der Waals surface area contributed by atoms with Gasteiger partial charge < -0.3 is 37.9 Å². The van der Waals surface area contributed by atoms with Gasteiger partial charge in [0.15, 0.2) is 11.5 Å². The molecule has 4 unspecified atom stereocenters. The second-order valence-corrected chi connectivity index (χ2v) is 7.85. The molecule has 0 aliphatic carbocycles. The second kappa shape index (κ2) is 9.06. The summed E-state index contributed by atoms with van der Waals surface area (Å²) in [5, 5.41) is 0. The SMILES string of the molecule is c1c(CCCOCC2CO2)cc(OCC2CO2)c(OCC2CO2)c1OCC1CO1. The van der Waals surface area contributed by atoms with E-state index in [0.29, 0.717) is 56.4 Å². The van der Waals surface area contributed by atoms with E-state index in [1.165, 1.54) is 0 Å². The van der Waals surface area contributed by atoms with Crippen LogP contribution in [0.25, 0.3) is 0 Å². The van der Waals surface area contributed by atoms with Gasteiger partial charge in [-0.1, -0.05) is 0 Å². The molecule has 8 heteroatoms. The minimum absolute atomic E-state index is 0.154. The highest BCUT2D eigenvalue weighted by Gasteiger charge is 2.29. The van der Waals surface area contributed by atoms with Crippen LogP contribution in [0.5, 0.6) is 17.2 Å². The maximum Gasteiger partial charge on any atom is 0.203 e. The fraction of sp³-hybridized carbons (Fsp3) is 0.714. The van der Waals surface area contributed by atoms with E-state index in [4.69, 9.17) is 37.9 Å². The van der Waals surface area contributed by atoms with Crippen LogP contribution in [0.2, 0.25) is 0 Å². The summed E-state index contributed by atoms with van der Waals surface area (Å²) in [7, 11) is 0. The molecule has 0 N–H and O–H groups in total. The van der Waals surface area contributed by atoms with E-state index in [0.717, 1.165) is 44.8 Å². The summed E-state index contributed by atoms with van der Waals surface area (Å²) in [5.74, 6) is 2.02. The molecule has 4 aliphatic rings. The van der Waals surface area contributed by atoms with E-state index in [-0.39, 0.29) is 18.3 Å². The first-order valence-corrected chi connectivity index (χ1v) is 10.4. The van der Waals surface area contributed by atoms with Crippen LogP contribution in [0.1, 0.15) is 12.0 Å². The van der Waals surface area contributed by atoms with Gasteiger partial charge in [0.25, 0.3) is 0 Å². The third-order valence-electron chi connectivity index (χ3n) is 5.01.